The third-order valence-electron chi connectivity index (χ3n) is 5.87. The number of aromatic amines is 1. The lowest BCUT2D eigenvalue weighted by Crippen LogP contribution is -2.47. The lowest BCUT2D eigenvalue weighted by Gasteiger charge is -2.37. The van der Waals surface area contributed by atoms with Crippen LogP contribution in [-0.4, -0.2) is 89.1 Å². The van der Waals surface area contributed by atoms with E-state index < -0.39 is 12.1 Å². The van der Waals surface area contributed by atoms with Crippen LogP contribution >= 0.6 is 11.6 Å². The van der Waals surface area contributed by atoms with Crippen molar-refractivity contribution in [3.63, 3.8) is 0 Å². The number of nitrogens with one attached hydrogen (secondary N) is 1. The number of aryl methyl sites for hydroxylation is 1. The normalized spacial score (nSPS) is 13.7. The summed E-state index contributed by atoms with van der Waals surface area (Å²) in [5.41, 5.74) is 5.15. The summed E-state index contributed by atoms with van der Waals surface area (Å²) in [4.78, 5) is 24.6. The molecule has 1 aliphatic rings. The number of hydrogen-bond donors (Lipinski definition) is 2. The van der Waals surface area contributed by atoms with Gasteiger partial charge in [0.05, 0.1) is 17.6 Å². The highest BCUT2D eigenvalue weighted by Crippen LogP contribution is 2.31. The van der Waals surface area contributed by atoms with Crippen LogP contribution in [0.4, 0.5) is 24.7 Å². The lowest BCUT2D eigenvalue weighted by molar-refractivity contribution is -0.192. The molecule has 0 spiro atoms. The third-order valence-corrected chi connectivity index (χ3v) is 6.09. The van der Waals surface area contributed by atoms with Crippen LogP contribution in [0.15, 0.2) is 18.5 Å². The molecule has 1 fully saturated rings. The van der Waals surface area contributed by atoms with Gasteiger partial charge in [0.2, 0.25) is 0 Å². The molecule has 3 aromatic rings. The highest BCUT2D eigenvalue weighted by atomic mass is 35.5. The number of benzene rings is 1. The van der Waals surface area contributed by atoms with E-state index in [-0.39, 0.29) is 0 Å². The minimum atomic E-state index is -5.08. The second-order valence-electron chi connectivity index (χ2n) is 8.86. The molecule has 38 heavy (non-hydrogen) atoms. The van der Waals surface area contributed by atoms with Crippen LogP contribution in [-0.2, 0) is 11.2 Å². The van der Waals surface area contributed by atoms with Gasteiger partial charge in [-0.05, 0) is 45.1 Å². The van der Waals surface area contributed by atoms with Crippen molar-refractivity contribution in [1.29, 1.82) is 0 Å². The Bertz CT molecular complexity index is 1340. The number of H-pyrrole nitrogens is 1. The first-order chi connectivity index (χ1) is 17.9. The predicted molar refractivity (Wildman–Crippen MR) is 141 cm³/mol. The largest absolute Gasteiger partial charge is 0.490 e. The third kappa shape index (κ3) is 7.05. The van der Waals surface area contributed by atoms with E-state index in [1.807, 2.05) is 20.2 Å². The quantitative estimate of drug-likeness (QED) is 0.473. The molecule has 9 nitrogen and oxygen atoms in total. The van der Waals surface area contributed by atoms with Crippen LogP contribution in [0.3, 0.4) is 0 Å². The number of carboxylic acid groups (broad SMARTS) is 1. The summed E-state index contributed by atoms with van der Waals surface area (Å²) in [6, 6.07) is 4.01. The van der Waals surface area contributed by atoms with Crippen molar-refractivity contribution in [3.8, 4) is 11.8 Å². The van der Waals surface area contributed by atoms with E-state index in [0.717, 1.165) is 78.0 Å². The molecule has 4 rings (SSSR count). The maximum Gasteiger partial charge on any atom is 0.490 e. The van der Waals surface area contributed by atoms with Crippen LogP contribution in [0, 0.1) is 18.8 Å². The number of anilines is 2. The Balaban J connectivity index is 0.000000505. The Kier molecular flexibility index (Phi) is 9.40. The van der Waals surface area contributed by atoms with Crippen molar-refractivity contribution in [2.24, 2.45) is 0 Å². The van der Waals surface area contributed by atoms with E-state index in [9.17, 15) is 13.2 Å². The fourth-order valence-electron chi connectivity index (χ4n) is 3.97. The average Bonchev–Trinajstić information content (AvgIpc) is 3.29. The zero-order chi connectivity index (χ0) is 28.0. The van der Waals surface area contributed by atoms with Crippen molar-refractivity contribution >= 4 is 40.1 Å². The highest BCUT2D eigenvalue weighted by molar-refractivity contribution is 6.31. The van der Waals surface area contributed by atoms with Crippen LogP contribution in [0.25, 0.3) is 11.0 Å². The number of aliphatic carboxylic acids is 1. The molecule has 204 valence electrons. The number of aromatic nitrogens is 4. The van der Waals surface area contributed by atoms with Gasteiger partial charge in [-0.2, -0.15) is 18.3 Å². The van der Waals surface area contributed by atoms with Crippen LogP contribution in [0.5, 0.6) is 0 Å². The summed E-state index contributed by atoms with van der Waals surface area (Å²) < 4.78 is 31.7. The molecule has 2 aromatic heterocycles. The zero-order valence-corrected chi connectivity index (χ0v) is 22.3. The SMILES string of the molecule is CCc1n[nH]c2ncnc(N3CCN(c4cc(Cl)cc(C#CCN(C)C)c4C)CC3)c12.O=C(O)C(F)(F)F. The van der Waals surface area contributed by atoms with Crippen molar-refractivity contribution in [1.82, 2.24) is 25.1 Å². The number of carbonyl (C=O) groups is 1. The van der Waals surface area contributed by atoms with E-state index >= 15 is 0 Å². The van der Waals surface area contributed by atoms with Crippen LogP contribution in [0.1, 0.15) is 23.7 Å². The Morgan fingerprint density at radius 1 is 1.18 bits per heavy atom. The molecular formula is C25H29ClF3N7O2. The Morgan fingerprint density at radius 3 is 2.39 bits per heavy atom. The Labute approximate surface area is 223 Å². The summed E-state index contributed by atoms with van der Waals surface area (Å²) in [5.74, 6) is 4.72. The van der Waals surface area contributed by atoms with E-state index in [1.165, 1.54) is 5.56 Å². The van der Waals surface area contributed by atoms with Crippen molar-refractivity contribution in [2.45, 2.75) is 26.4 Å². The van der Waals surface area contributed by atoms with Gasteiger partial charge >= 0.3 is 12.1 Å². The second kappa shape index (κ2) is 12.3. The molecule has 0 saturated carbocycles. The van der Waals surface area contributed by atoms with Gasteiger partial charge in [-0.25, -0.2) is 14.8 Å². The number of alkyl halides is 3. The molecule has 0 radical (unpaired) electrons. The molecular weight excluding hydrogens is 523 g/mol. The molecule has 3 heterocycles. The fraction of sp³-hybridized carbons (Fsp3) is 0.440. The van der Waals surface area contributed by atoms with Gasteiger partial charge in [0.1, 0.15) is 12.1 Å². The van der Waals surface area contributed by atoms with Crippen LogP contribution < -0.4 is 9.80 Å². The van der Waals surface area contributed by atoms with Crippen molar-refractivity contribution in [2.75, 3.05) is 56.6 Å². The fourth-order valence-corrected chi connectivity index (χ4v) is 4.19. The Morgan fingerprint density at radius 2 is 1.82 bits per heavy atom. The molecule has 0 unspecified atom stereocenters. The van der Waals surface area contributed by atoms with E-state index in [1.54, 1.807) is 6.33 Å². The first-order valence-electron chi connectivity index (χ1n) is 11.8. The zero-order valence-electron chi connectivity index (χ0n) is 21.5. The minimum Gasteiger partial charge on any atom is -0.475 e. The summed E-state index contributed by atoms with van der Waals surface area (Å²) >= 11 is 6.45. The molecule has 0 atom stereocenters. The second-order valence-corrected chi connectivity index (χ2v) is 9.30. The summed E-state index contributed by atoms with van der Waals surface area (Å²) in [6.07, 6.45) is -2.62. The number of hydrogen-bond acceptors (Lipinski definition) is 7. The van der Waals surface area contributed by atoms with Crippen molar-refractivity contribution < 1.29 is 23.1 Å². The van der Waals surface area contributed by atoms with E-state index in [2.05, 4.69) is 66.6 Å². The Hall–Kier alpha value is -3.56. The number of fused-ring (bicyclic) bond motifs is 1. The molecule has 0 bridgehead atoms. The minimum absolute atomic E-state index is 0.723. The maximum absolute atomic E-state index is 10.6. The van der Waals surface area contributed by atoms with Gasteiger partial charge < -0.3 is 14.9 Å². The van der Waals surface area contributed by atoms with E-state index in [0.29, 0.717) is 0 Å². The molecule has 0 amide bonds. The van der Waals surface area contributed by atoms with Gasteiger partial charge in [-0.3, -0.25) is 10.00 Å². The lowest BCUT2D eigenvalue weighted by atomic mass is 10.1. The number of piperazine rings is 1. The smallest absolute Gasteiger partial charge is 0.475 e. The molecule has 2 N–H and O–H groups in total. The standard InChI is InChI=1S/C23H28ClN7.C2HF3O2/c1-5-19-21-22(28-27-19)25-15-26-23(21)31-11-9-30(10-12-31)20-14-18(24)13-17(16(20)2)7-6-8-29(3)4;3-2(4,5)1(6)7/h13-15H,5,8-12H2,1-4H3,(H,25,26,27,28);(H,6,7). The molecule has 1 saturated heterocycles. The molecule has 13 heteroatoms. The van der Waals surface area contributed by atoms with Crippen molar-refractivity contribution in [3.05, 3.63) is 40.3 Å². The number of nitrogens with zero attached hydrogens (tertiary/aromatic N) is 6. The highest BCUT2D eigenvalue weighted by Gasteiger charge is 2.38. The molecule has 0 aliphatic carbocycles. The number of halogens is 4. The summed E-state index contributed by atoms with van der Waals surface area (Å²) in [7, 11) is 4.03. The molecule has 1 aromatic carbocycles. The first-order valence-corrected chi connectivity index (χ1v) is 12.2. The predicted octanol–water partition coefficient (Wildman–Crippen LogP) is 3.75. The van der Waals surface area contributed by atoms with Gasteiger partial charge in [0.25, 0.3) is 0 Å². The van der Waals surface area contributed by atoms with Gasteiger partial charge in [0, 0.05) is 42.5 Å². The van der Waals surface area contributed by atoms with Crippen LogP contribution in [0.2, 0.25) is 5.02 Å². The van der Waals surface area contributed by atoms with Gasteiger partial charge in [-0.15, -0.1) is 0 Å². The van der Waals surface area contributed by atoms with Gasteiger partial charge in [0.15, 0.2) is 5.65 Å². The monoisotopic (exact) mass is 551 g/mol. The molecule has 1 aliphatic heterocycles. The summed E-state index contributed by atoms with van der Waals surface area (Å²) in [5, 5.41) is 16.3. The number of carboxylic acids is 1. The average molecular weight is 552 g/mol. The van der Waals surface area contributed by atoms with E-state index in [4.69, 9.17) is 21.5 Å². The first kappa shape index (κ1) is 29.0. The van der Waals surface area contributed by atoms with Gasteiger partial charge in [-0.1, -0.05) is 30.4 Å². The number of rotatable bonds is 4. The maximum atomic E-state index is 10.6. The summed E-state index contributed by atoms with van der Waals surface area (Å²) in [6.45, 7) is 8.46. The topological polar surface area (TPSA) is 101 Å².